The highest BCUT2D eigenvalue weighted by molar-refractivity contribution is 8.13. The van der Waals surface area contributed by atoms with Crippen LogP contribution < -0.4 is 0 Å². The molecule has 0 aliphatic carbocycles. The largest absolute Gasteiger partial charge is 0.509 e. The summed E-state index contributed by atoms with van der Waals surface area (Å²) in [5.74, 6) is 0.881. The van der Waals surface area contributed by atoms with E-state index < -0.39 is 0 Å². The van der Waals surface area contributed by atoms with Crippen molar-refractivity contribution in [2.45, 2.75) is 33.4 Å². The summed E-state index contributed by atoms with van der Waals surface area (Å²) in [6, 6.07) is 2.02. The van der Waals surface area contributed by atoms with Gasteiger partial charge in [0.15, 0.2) is 0 Å². The second kappa shape index (κ2) is 7.14. The van der Waals surface area contributed by atoms with Crippen LogP contribution in [0.25, 0.3) is 0 Å². The first kappa shape index (κ1) is 15.5. The molecule has 19 heavy (non-hydrogen) atoms. The number of aliphatic hydroxyl groups is 1. The number of aliphatic imine (C=N–C) groups is 1. The molecule has 0 saturated carbocycles. The van der Waals surface area contributed by atoms with Gasteiger partial charge in [-0.15, -0.1) is 11.8 Å². The number of allylic oxidation sites excluding steroid dienone is 2. The highest BCUT2D eigenvalue weighted by atomic mass is 32.2. The number of thioether (sulfide) groups is 1. The second-order valence-electron chi connectivity index (χ2n) is 4.39. The molecule has 0 fully saturated rings. The average molecular weight is 276 g/mol. The molecule has 0 aliphatic heterocycles. The Bertz CT molecular complexity index is 513. The smallest absolute Gasteiger partial charge is 0.110 e. The van der Waals surface area contributed by atoms with E-state index in [1.807, 2.05) is 33.0 Å². The first-order valence-corrected chi connectivity index (χ1v) is 7.04. The van der Waals surface area contributed by atoms with Crippen molar-refractivity contribution in [3.8, 4) is 0 Å². The maximum absolute atomic E-state index is 9.06. The maximum Gasteiger partial charge on any atom is 0.110 e. The molecular weight excluding hydrogens is 256 g/mol. The summed E-state index contributed by atoms with van der Waals surface area (Å²) in [6.07, 6.45) is 3.38. The predicted octanol–water partition coefficient (Wildman–Crippen LogP) is 4.33. The number of aromatic nitrogens is 1. The normalized spacial score (nSPS) is 12.6. The van der Waals surface area contributed by atoms with Gasteiger partial charge in [-0.3, -0.25) is 9.98 Å². The van der Waals surface area contributed by atoms with E-state index >= 15 is 0 Å². The zero-order valence-electron chi connectivity index (χ0n) is 11.9. The summed E-state index contributed by atoms with van der Waals surface area (Å²) in [5, 5.41) is 10.0. The van der Waals surface area contributed by atoms with Gasteiger partial charge in [-0.1, -0.05) is 6.58 Å². The molecule has 0 amide bonds. The van der Waals surface area contributed by atoms with Crippen LogP contribution >= 0.6 is 11.8 Å². The van der Waals surface area contributed by atoms with Gasteiger partial charge in [0.2, 0.25) is 0 Å². The van der Waals surface area contributed by atoms with Crippen LogP contribution in [0.1, 0.15) is 30.7 Å². The van der Waals surface area contributed by atoms with E-state index in [2.05, 4.69) is 23.5 Å². The third kappa shape index (κ3) is 5.30. The van der Waals surface area contributed by atoms with Crippen molar-refractivity contribution in [2.24, 2.45) is 4.99 Å². The molecule has 0 unspecified atom stereocenters. The van der Waals surface area contributed by atoms with E-state index in [0.29, 0.717) is 0 Å². The van der Waals surface area contributed by atoms with E-state index in [9.17, 15) is 0 Å². The lowest BCUT2D eigenvalue weighted by Gasteiger charge is -2.08. The Morgan fingerprint density at radius 1 is 1.47 bits per heavy atom. The minimum Gasteiger partial charge on any atom is -0.509 e. The highest BCUT2D eigenvalue weighted by Gasteiger charge is 2.04. The van der Waals surface area contributed by atoms with Crippen molar-refractivity contribution in [1.82, 2.24) is 4.98 Å². The quantitative estimate of drug-likeness (QED) is 0.385. The lowest BCUT2D eigenvalue weighted by Crippen LogP contribution is -1.96. The molecule has 1 aromatic rings. The van der Waals surface area contributed by atoms with Gasteiger partial charge < -0.3 is 5.11 Å². The van der Waals surface area contributed by atoms with E-state index in [4.69, 9.17) is 5.11 Å². The average Bonchev–Trinajstić information content (AvgIpc) is 2.26. The molecule has 1 rings (SSSR count). The molecule has 102 valence electrons. The van der Waals surface area contributed by atoms with Gasteiger partial charge in [0, 0.05) is 29.4 Å². The van der Waals surface area contributed by atoms with Gasteiger partial charge in [0.05, 0.1) is 5.04 Å². The van der Waals surface area contributed by atoms with Gasteiger partial charge in [0.25, 0.3) is 0 Å². The zero-order valence-corrected chi connectivity index (χ0v) is 12.7. The molecule has 0 spiro atoms. The highest BCUT2D eigenvalue weighted by Crippen LogP contribution is 2.20. The summed E-state index contributed by atoms with van der Waals surface area (Å²) in [4.78, 5) is 8.70. The molecule has 0 aromatic carbocycles. The molecule has 0 atom stereocenters. The van der Waals surface area contributed by atoms with E-state index in [1.54, 1.807) is 17.8 Å². The van der Waals surface area contributed by atoms with Crippen molar-refractivity contribution in [3.05, 3.63) is 53.2 Å². The Labute approximate surface area is 119 Å². The topological polar surface area (TPSA) is 45.5 Å². The van der Waals surface area contributed by atoms with Gasteiger partial charge in [-0.05, 0) is 44.9 Å². The number of nitrogens with zero attached hydrogens (tertiary/aromatic N) is 2. The Morgan fingerprint density at radius 2 is 2.16 bits per heavy atom. The SMILES string of the molecule is C=C(O)/C=C(C)\N=C(/C)SCc1c(C)ccnc1C. The first-order chi connectivity index (χ1) is 8.90. The van der Waals surface area contributed by atoms with Crippen molar-refractivity contribution in [1.29, 1.82) is 0 Å². The molecule has 0 saturated heterocycles. The second-order valence-corrected chi connectivity index (χ2v) is 5.56. The molecule has 1 heterocycles. The van der Waals surface area contributed by atoms with Gasteiger partial charge in [0.1, 0.15) is 5.76 Å². The summed E-state index contributed by atoms with van der Waals surface area (Å²) in [7, 11) is 0. The summed E-state index contributed by atoms with van der Waals surface area (Å²) in [6.45, 7) is 11.3. The fourth-order valence-electron chi connectivity index (χ4n) is 1.67. The van der Waals surface area contributed by atoms with Gasteiger partial charge >= 0.3 is 0 Å². The van der Waals surface area contributed by atoms with Crippen molar-refractivity contribution in [3.63, 3.8) is 0 Å². The Kier molecular flexibility index (Phi) is 5.83. The number of hydrogen-bond donors (Lipinski definition) is 1. The molecule has 0 radical (unpaired) electrons. The maximum atomic E-state index is 9.06. The van der Waals surface area contributed by atoms with Crippen LogP contribution in [0.15, 0.2) is 41.4 Å². The number of aryl methyl sites for hydroxylation is 2. The van der Waals surface area contributed by atoms with Crippen LogP contribution in [0.4, 0.5) is 0 Å². The van der Waals surface area contributed by atoms with Gasteiger partial charge in [-0.2, -0.15) is 0 Å². The lowest BCUT2D eigenvalue weighted by atomic mass is 10.1. The molecule has 1 N–H and O–H groups in total. The third-order valence-corrected chi connectivity index (χ3v) is 3.58. The predicted molar refractivity (Wildman–Crippen MR) is 83.6 cm³/mol. The number of rotatable bonds is 4. The number of hydrogen-bond acceptors (Lipinski definition) is 4. The summed E-state index contributed by atoms with van der Waals surface area (Å²) < 4.78 is 0. The minimum atomic E-state index is 0.0259. The molecule has 0 bridgehead atoms. The monoisotopic (exact) mass is 276 g/mol. The molecule has 4 heteroatoms. The van der Waals surface area contributed by atoms with Crippen LogP contribution in [0.3, 0.4) is 0 Å². The van der Waals surface area contributed by atoms with Crippen molar-refractivity contribution >= 4 is 16.8 Å². The third-order valence-electron chi connectivity index (χ3n) is 2.64. The lowest BCUT2D eigenvalue weighted by molar-refractivity contribution is 0.434. The van der Waals surface area contributed by atoms with Crippen LogP contribution in [0, 0.1) is 13.8 Å². The van der Waals surface area contributed by atoms with Crippen LogP contribution in [-0.2, 0) is 5.75 Å². The first-order valence-electron chi connectivity index (χ1n) is 6.05. The van der Waals surface area contributed by atoms with Crippen LogP contribution in [-0.4, -0.2) is 15.1 Å². The molecule has 0 aliphatic rings. The standard InChI is InChI=1S/C15H20N2OS/c1-10-6-7-16-13(4)15(10)9-19-14(5)17-11(2)8-12(3)18/h6-8,18H,3,9H2,1-2,4-5H3/b11-8-,17-14+. The molecule has 1 aromatic heterocycles. The van der Waals surface area contributed by atoms with E-state index in [-0.39, 0.29) is 5.76 Å². The molecular formula is C15H20N2OS. The van der Waals surface area contributed by atoms with E-state index in [1.165, 1.54) is 11.1 Å². The molecule has 3 nitrogen and oxygen atoms in total. The number of aliphatic hydroxyl groups excluding tert-OH is 1. The summed E-state index contributed by atoms with van der Waals surface area (Å²) >= 11 is 1.67. The van der Waals surface area contributed by atoms with Crippen molar-refractivity contribution < 1.29 is 5.11 Å². The number of pyridine rings is 1. The summed E-state index contributed by atoms with van der Waals surface area (Å²) in [5.41, 5.74) is 4.33. The fraction of sp³-hybridized carbons (Fsp3) is 0.333. The minimum absolute atomic E-state index is 0.0259. The fourth-order valence-corrected chi connectivity index (χ4v) is 2.67. The Hall–Kier alpha value is -1.55. The van der Waals surface area contributed by atoms with E-state index in [0.717, 1.165) is 22.2 Å². The van der Waals surface area contributed by atoms with Crippen molar-refractivity contribution in [2.75, 3.05) is 0 Å². The van der Waals surface area contributed by atoms with Crippen LogP contribution in [0.2, 0.25) is 0 Å². The Morgan fingerprint density at radius 3 is 2.74 bits per heavy atom. The van der Waals surface area contributed by atoms with Crippen LogP contribution in [0.5, 0.6) is 0 Å². The zero-order chi connectivity index (χ0) is 14.4. The van der Waals surface area contributed by atoms with Gasteiger partial charge in [-0.25, -0.2) is 0 Å². The Balaban J connectivity index is 2.72.